The molecule has 0 aromatic carbocycles. The van der Waals surface area contributed by atoms with Gasteiger partial charge in [-0.3, -0.25) is 0 Å². The Labute approximate surface area is 86.4 Å². The first-order valence-electron chi connectivity index (χ1n) is 4.46. The molecule has 0 aliphatic carbocycles. The van der Waals surface area contributed by atoms with Crippen molar-refractivity contribution in [2.24, 2.45) is 0 Å². The standard InChI is InChI=1S/C9H12O6/c10-3-4-13-8(11)1-2-9(12)15-6-7-5-14-7/h1-2,7,10H,3-6H2/b2-1-. The third-order valence-corrected chi connectivity index (χ3v) is 1.50. The number of carbonyl (C=O) groups excluding carboxylic acids is 2. The van der Waals surface area contributed by atoms with Crippen molar-refractivity contribution >= 4 is 11.9 Å². The number of aliphatic hydroxyl groups is 1. The molecule has 0 aromatic heterocycles. The lowest BCUT2D eigenvalue weighted by Gasteiger charge is -1.98. The van der Waals surface area contributed by atoms with Crippen molar-refractivity contribution in [3.05, 3.63) is 12.2 Å². The molecular weight excluding hydrogens is 204 g/mol. The van der Waals surface area contributed by atoms with Gasteiger partial charge in [0.05, 0.1) is 13.2 Å². The van der Waals surface area contributed by atoms with Crippen LogP contribution in [-0.4, -0.2) is 49.6 Å². The van der Waals surface area contributed by atoms with Crippen molar-refractivity contribution in [3.63, 3.8) is 0 Å². The van der Waals surface area contributed by atoms with Crippen LogP contribution in [0, 0.1) is 0 Å². The minimum Gasteiger partial charge on any atom is -0.460 e. The Hall–Kier alpha value is -1.40. The third kappa shape index (κ3) is 5.82. The van der Waals surface area contributed by atoms with Crippen molar-refractivity contribution in [2.45, 2.75) is 6.10 Å². The average Bonchev–Trinajstić information content (AvgIpc) is 3.04. The van der Waals surface area contributed by atoms with Gasteiger partial charge >= 0.3 is 11.9 Å². The molecule has 0 radical (unpaired) electrons. The van der Waals surface area contributed by atoms with E-state index in [0.29, 0.717) is 6.61 Å². The summed E-state index contributed by atoms with van der Waals surface area (Å²) < 4.78 is 14.0. The van der Waals surface area contributed by atoms with E-state index in [4.69, 9.17) is 14.6 Å². The van der Waals surface area contributed by atoms with E-state index in [-0.39, 0.29) is 25.9 Å². The van der Waals surface area contributed by atoms with Gasteiger partial charge < -0.3 is 19.3 Å². The number of carbonyl (C=O) groups is 2. The van der Waals surface area contributed by atoms with Crippen LogP contribution in [0.2, 0.25) is 0 Å². The Morgan fingerprint density at radius 2 is 1.93 bits per heavy atom. The summed E-state index contributed by atoms with van der Waals surface area (Å²) in [5.41, 5.74) is 0. The predicted molar refractivity (Wildman–Crippen MR) is 47.9 cm³/mol. The summed E-state index contributed by atoms with van der Waals surface area (Å²) in [4.78, 5) is 21.7. The molecular formula is C9H12O6. The van der Waals surface area contributed by atoms with E-state index < -0.39 is 11.9 Å². The van der Waals surface area contributed by atoms with Crippen LogP contribution in [0.4, 0.5) is 0 Å². The number of hydrogen-bond donors (Lipinski definition) is 1. The fourth-order valence-electron chi connectivity index (χ4n) is 0.718. The molecule has 6 heteroatoms. The van der Waals surface area contributed by atoms with Crippen molar-refractivity contribution in [1.82, 2.24) is 0 Å². The molecule has 0 amide bonds. The summed E-state index contributed by atoms with van der Waals surface area (Å²) in [6.07, 6.45) is 1.93. The van der Waals surface area contributed by atoms with Gasteiger partial charge in [-0.15, -0.1) is 0 Å². The zero-order chi connectivity index (χ0) is 11.1. The van der Waals surface area contributed by atoms with Gasteiger partial charge in [0.2, 0.25) is 0 Å². The van der Waals surface area contributed by atoms with Gasteiger partial charge in [0.1, 0.15) is 19.3 Å². The van der Waals surface area contributed by atoms with E-state index in [1.165, 1.54) is 0 Å². The highest BCUT2D eigenvalue weighted by atomic mass is 16.6. The van der Waals surface area contributed by atoms with Gasteiger partial charge in [-0.25, -0.2) is 9.59 Å². The molecule has 84 valence electrons. The molecule has 1 saturated heterocycles. The molecule has 0 saturated carbocycles. The lowest BCUT2D eigenvalue weighted by molar-refractivity contribution is -0.141. The van der Waals surface area contributed by atoms with E-state index in [0.717, 1.165) is 12.2 Å². The number of ether oxygens (including phenoxy) is 3. The monoisotopic (exact) mass is 216 g/mol. The summed E-state index contributed by atoms with van der Waals surface area (Å²) in [6.45, 7) is 0.474. The largest absolute Gasteiger partial charge is 0.460 e. The Kier molecular flexibility index (Phi) is 4.79. The molecule has 1 aliphatic heterocycles. The van der Waals surface area contributed by atoms with Gasteiger partial charge in [0.15, 0.2) is 0 Å². The van der Waals surface area contributed by atoms with Crippen molar-refractivity contribution in [2.75, 3.05) is 26.4 Å². The maximum absolute atomic E-state index is 10.9. The Bertz CT molecular complexity index is 255. The minimum absolute atomic E-state index is 0.00342. The Morgan fingerprint density at radius 1 is 1.33 bits per heavy atom. The second-order valence-electron chi connectivity index (χ2n) is 2.81. The lowest BCUT2D eigenvalue weighted by atomic mass is 10.5. The van der Waals surface area contributed by atoms with Gasteiger partial charge in [-0.05, 0) is 0 Å². The van der Waals surface area contributed by atoms with Gasteiger partial charge in [0.25, 0.3) is 0 Å². The first kappa shape index (κ1) is 11.7. The van der Waals surface area contributed by atoms with Crippen molar-refractivity contribution in [1.29, 1.82) is 0 Å². The van der Waals surface area contributed by atoms with E-state index in [9.17, 15) is 9.59 Å². The Balaban J connectivity index is 2.11. The number of aliphatic hydroxyl groups excluding tert-OH is 1. The highest BCUT2D eigenvalue weighted by Gasteiger charge is 2.23. The maximum atomic E-state index is 10.9. The van der Waals surface area contributed by atoms with Crippen LogP contribution in [0.25, 0.3) is 0 Å². The zero-order valence-corrected chi connectivity index (χ0v) is 8.05. The van der Waals surface area contributed by atoms with Gasteiger partial charge in [0, 0.05) is 12.2 Å². The lowest BCUT2D eigenvalue weighted by Crippen LogP contribution is -2.09. The summed E-state index contributed by atoms with van der Waals surface area (Å²) in [5.74, 6) is -1.31. The summed E-state index contributed by atoms with van der Waals surface area (Å²) in [5, 5.41) is 8.34. The number of epoxide rings is 1. The van der Waals surface area contributed by atoms with Crippen LogP contribution in [-0.2, 0) is 23.8 Å². The van der Waals surface area contributed by atoms with E-state index in [1.807, 2.05) is 0 Å². The first-order valence-corrected chi connectivity index (χ1v) is 4.46. The van der Waals surface area contributed by atoms with Gasteiger partial charge in [-0.2, -0.15) is 0 Å². The molecule has 6 nitrogen and oxygen atoms in total. The molecule has 0 bridgehead atoms. The molecule has 1 aliphatic rings. The van der Waals surface area contributed by atoms with Crippen LogP contribution >= 0.6 is 0 Å². The topological polar surface area (TPSA) is 85.4 Å². The number of rotatable bonds is 6. The van der Waals surface area contributed by atoms with Crippen LogP contribution in [0.1, 0.15) is 0 Å². The molecule has 1 N–H and O–H groups in total. The minimum atomic E-state index is -0.691. The molecule has 1 rings (SSSR count). The maximum Gasteiger partial charge on any atom is 0.331 e. The van der Waals surface area contributed by atoms with Gasteiger partial charge in [-0.1, -0.05) is 0 Å². The molecule has 0 spiro atoms. The molecule has 15 heavy (non-hydrogen) atoms. The smallest absolute Gasteiger partial charge is 0.331 e. The molecule has 1 heterocycles. The fourth-order valence-corrected chi connectivity index (χ4v) is 0.718. The Morgan fingerprint density at radius 3 is 2.47 bits per heavy atom. The number of esters is 2. The van der Waals surface area contributed by atoms with Crippen LogP contribution < -0.4 is 0 Å². The fraction of sp³-hybridized carbons (Fsp3) is 0.556. The summed E-state index contributed by atoms with van der Waals surface area (Å²) >= 11 is 0. The van der Waals surface area contributed by atoms with Crippen LogP contribution in [0.15, 0.2) is 12.2 Å². The summed E-state index contributed by atoms with van der Waals surface area (Å²) in [6, 6.07) is 0. The predicted octanol–water partition coefficient (Wildman–Crippen LogP) is -0.980. The molecule has 1 unspecified atom stereocenters. The highest BCUT2D eigenvalue weighted by Crippen LogP contribution is 2.08. The molecule has 0 aromatic rings. The zero-order valence-electron chi connectivity index (χ0n) is 8.05. The number of hydrogen-bond acceptors (Lipinski definition) is 6. The van der Waals surface area contributed by atoms with Crippen LogP contribution in [0.5, 0.6) is 0 Å². The second-order valence-corrected chi connectivity index (χ2v) is 2.81. The SMILES string of the molecule is O=C(/C=C\C(=O)OCC1CO1)OCCO. The van der Waals surface area contributed by atoms with Crippen molar-refractivity contribution < 1.29 is 28.9 Å². The average molecular weight is 216 g/mol. The second kappa shape index (κ2) is 6.15. The van der Waals surface area contributed by atoms with E-state index in [2.05, 4.69) is 4.74 Å². The third-order valence-electron chi connectivity index (χ3n) is 1.50. The first-order chi connectivity index (χ1) is 7.22. The normalized spacial score (nSPS) is 18.9. The highest BCUT2D eigenvalue weighted by molar-refractivity contribution is 5.91. The molecule has 1 fully saturated rings. The summed E-state index contributed by atoms with van der Waals surface area (Å²) in [7, 11) is 0. The molecule has 1 atom stereocenters. The quantitative estimate of drug-likeness (QED) is 0.349. The van der Waals surface area contributed by atoms with Crippen molar-refractivity contribution in [3.8, 4) is 0 Å². The van der Waals surface area contributed by atoms with E-state index in [1.54, 1.807) is 0 Å². The van der Waals surface area contributed by atoms with E-state index >= 15 is 0 Å². The van der Waals surface area contributed by atoms with Crippen LogP contribution in [0.3, 0.4) is 0 Å².